The van der Waals surface area contributed by atoms with Gasteiger partial charge < -0.3 is 19.7 Å². The quantitative estimate of drug-likeness (QED) is 0.715. The largest absolute Gasteiger partial charge is 0.493 e. The number of imide groups is 1. The lowest BCUT2D eigenvalue weighted by Gasteiger charge is -2.20. The van der Waals surface area contributed by atoms with Gasteiger partial charge in [-0.3, -0.25) is 14.9 Å². The summed E-state index contributed by atoms with van der Waals surface area (Å²) >= 11 is 0. The Kier molecular flexibility index (Phi) is 5.84. The molecule has 1 aliphatic rings. The van der Waals surface area contributed by atoms with Crippen LogP contribution in [0.2, 0.25) is 0 Å². The monoisotopic (exact) mass is 349 g/mol. The van der Waals surface area contributed by atoms with Crippen molar-refractivity contribution in [3.8, 4) is 11.5 Å². The summed E-state index contributed by atoms with van der Waals surface area (Å²) in [4.78, 5) is 36.5. The lowest BCUT2D eigenvalue weighted by molar-refractivity contribution is -0.130. The average molecular weight is 349 g/mol. The van der Waals surface area contributed by atoms with E-state index >= 15 is 0 Å². The van der Waals surface area contributed by atoms with Crippen molar-refractivity contribution in [2.24, 2.45) is 0 Å². The molecule has 8 heteroatoms. The molecule has 1 aliphatic heterocycles. The van der Waals surface area contributed by atoms with E-state index in [0.29, 0.717) is 18.0 Å². The minimum Gasteiger partial charge on any atom is -0.493 e. The van der Waals surface area contributed by atoms with Crippen molar-refractivity contribution in [3.63, 3.8) is 0 Å². The first kappa shape index (κ1) is 18.6. The van der Waals surface area contributed by atoms with Gasteiger partial charge in [-0.25, -0.2) is 4.79 Å². The summed E-state index contributed by atoms with van der Waals surface area (Å²) < 4.78 is 10.6. The predicted molar refractivity (Wildman–Crippen MR) is 90.5 cm³/mol. The molecule has 1 aromatic carbocycles. The van der Waals surface area contributed by atoms with Crippen molar-refractivity contribution in [2.75, 3.05) is 21.3 Å². The zero-order valence-corrected chi connectivity index (χ0v) is 14.8. The van der Waals surface area contributed by atoms with Crippen LogP contribution in [-0.4, -0.2) is 50.1 Å². The number of nitrogens with zero attached hydrogens (tertiary/aromatic N) is 1. The van der Waals surface area contributed by atoms with Gasteiger partial charge in [-0.15, -0.1) is 0 Å². The zero-order chi connectivity index (χ0) is 18.6. The first-order valence-corrected chi connectivity index (χ1v) is 7.92. The Hall–Kier alpha value is -2.77. The Balaban J connectivity index is 1.97. The van der Waals surface area contributed by atoms with Crippen LogP contribution in [0.1, 0.15) is 24.0 Å². The van der Waals surface area contributed by atoms with Gasteiger partial charge in [-0.05, 0) is 36.6 Å². The fourth-order valence-electron chi connectivity index (χ4n) is 2.66. The van der Waals surface area contributed by atoms with E-state index in [9.17, 15) is 14.4 Å². The third-order valence-electron chi connectivity index (χ3n) is 4.18. The van der Waals surface area contributed by atoms with Crippen molar-refractivity contribution in [2.45, 2.75) is 32.4 Å². The summed E-state index contributed by atoms with van der Waals surface area (Å²) in [7, 11) is 4.84. The third kappa shape index (κ3) is 4.40. The number of carbonyl (C=O) groups excluding carboxylic acids is 3. The van der Waals surface area contributed by atoms with Crippen molar-refractivity contribution in [1.29, 1.82) is 0 Å². The van der Waals surface area contributed by atoms with E-state index < -0.39 is 18.0 Å². The van der Waals surface area contributed by atoms with Crippen LogP contribution in [-0.2, 0) is 16.1 Å². The van der Waals surface area contributed by atoms with E-state index in [2.05, 4.69) is 10.6 Å². The first-order chi connectivity index (χ1) is 11.8. The molecular weight excluding hydrogens is 326 g/mol. The molecule has 2 rings (SSSR count). The number of benzene rings is 1. The molecular formula is C17H23N3O5. The van der Waals surface area contributed by atoms with Gasteiger partial charge in [0.25, 0.3) is 5.91 Å². The van der Waals surface area contributed by atoms with Crippen molar-refractivity contribution >= 4 is 17.8 Å². The highest BCUT2D eigenvalue weighted by atomic mass is 16.5. The maximum Gasteiger partial charge on any atom is 0.322 e. The fraction of sp³-hybridized carbons (Fsp3) is 0.471. The van der Waals surface area contributed by atoms with Gasteiger partial charge in [0.05, 0.1) is 14.2 Å². The highest BCUT2D eigenvalue weighted by Gasteiger charge is 2.29. The highest BCUT2D eigenvalue weighted by molar-refractivity contribution is 6.04. The molecule has 1 aromatic rings. The molecule has 0 unspecified atom stereocenters. The Morgan fingerprint density at radius 1 is 1.20 bits per heavy atom. The SMILES string of the molecule is COc1cc(C)c(CN(C)C(=O)CC[C@H]2NC(=O)NC2=O)cc1OC. The molecule has 1 heterocycles. The Labute approximate surface area is 146 Å². The van der Waals surface area contributed by atoms with Gasteiger partial charge in [-0.2, -0.15) is 0 Å². The first-order valence-electron chi connectivity index (χ1n) is 7.92. The number of methoxy groups -OCH3 is 2. The molecule has 25 heavy (non-hydrogen) atoms. The lowest BCUT2D eigenvalue weighted by atomic mass is 10.1. The fourth-order valence-corrected chi connectivity index (χ4v) is 2.66. The third-order valence-corrected chi connectivity index (χ3v) is 4.18. The van der Waals surface area contributed by atoms with Crippen LogP contribution in [0.4, 0.5) is 4.79 Å². The number of aryl methyl sites for hydroxylation is 1. The van der Waals surface area contributed by atoms with Crippen molar-refractivity contribution in [3.05, 3.63) is 23.3 Å². The molecule has 1 fully saturated rings. The average Bonchev–Trinajstić information content (AvgIpc) is 2.91. The van der Waals surface area contributed by atoms with Crippen LogP contribution in [0, 0.1) is 6.92 Å². The van der Waals surface area contributed by atoms with Crippen LogP contribution in [0.25, 0.3) is 0 Å². The summed E-state index contributed by atoms with van der Waals surface area (Å²) in [6.07, 6.45) is 0.437. The summed E-state index contributed by atoms with van der Waals surface area (Å²) in [6.45, 7) is 2.35. The van der Waals surface area contributed by atoms with Crippen molar-refractivity contribution in [1.82, 2.24) is 15.5 Å². The van der Waals surface area contributed by atoms with Gasteiger partial charge in [0, 0.05) is 20.0 Å². The van der Waals surface area contributed by atoms with Crippen LogP contribution in [0.3, 0.4) is 0 Å². The molecule has 136 valence electrons. The molecule has 0 saturated carbocycles. The maximum absolute atomic E-state index is 12.3. The Morgan fingerprint density at radius 3 is 2.40 bits per heavy atom. The van der Waals surface area contributed by atoms with Crippen LogP contribution >= 0.6 is 0 Å². The standard InChI is InChI=1S/C17H23N3O5/c1-10-7-13(24-3)14(25-4)8-11(10)9-20(2)15(21)6-5-12-16(22)19-17(23)18-12/h7-8,12H,5-6,9H2,1-4H3,(H2,18,19,22,23)/t12-/m1/s1. The van der Waals surface area contributed by atoms with Crippen LogP contribution < -0.4 is 20.1 Å². The van der Waals surface area contributed by atoms with Gasteiger partial charge >= 0.3 is 6.03 Å². The molecule has 0 aromatic heterocycles. The molecule has 0 radical (unpaired) electrons. The number of carbonyl (C=O) groups is 3. The minimum atomic E-state index is -0.646. The smallest absolute Gasteiger partial charge is 0.322 e. The van der Waals surface area contributed by atoms with E-state index in [1.807, 2.05) is 19.1 Å². The number of ether oxygens (including phenoxy) is 2. The number of urea groups is 1. The maximum atomic E-state index is 12.3. The molecule has 1 saturated heterocycles. The number of rotatable bonds is 7. The topological polar surface area (TPSA) is 97.0 Å². The predicted octanol–water partition coefficient (Wildman–Crippen LogP) is 0.959. The summed E-state index contributed by atoms with van der Waals surface area (Å²) in [5, 5.41) is 4.63. The van der Waals surface area contributed by atoms with Gasteiger partial charge in [-0.1, -0.05) is 0 Å². The lowest BCUT2D eigenvalue weighted by Crippen LogP contribution is -2.32. The van der Waals surface area contributed by atoms with Crippen LogP contribution in [0.5, 0.6) is 11.5 Å². The highest BCUT2D eigenvalue weighted by Crippen LogP contribution is 2.30. The van der Waals surface area contributed by atoms with E-state index in [1.165, 1.54) is 0 Å². The van der Waals surface area contributed by atoms with E-state index in [-0.39, 0.29) is 18.7 Å². The molecule has 0 aliphatic carbocycles. The summed E-state index contributed by atoms with van der Waals surface area (Å²) in [5.41, 5.74) is 1.93. The second-order valence-electron chi connectivity index (χ2n) is 5.94. The van der Waals surface area contributed by atoms with Gasteiger partial charge in [0.15, 0.2) is 11.5 Å². The molecule has 1 atom stereocenters. The minimum absolute atomic E-state index is 0.108. The summed E-state index contributed by atoms with van der Waals surface area (Å²) in [6, 6.07) is 2.55. The normalized spacial score (nSPS) is 16.2. The van der Waals surface area contributed by atoms with Gasteiger partial charge in [0.2, 0.25) is 5.91 Å². The number of hydrogen-bond donors (Lipinski definition) is 2. The van der Waals surface area contributed by atoms with E-state index in [1.54, 1.807) is 26.2 Å². The zero-order valence-electron chi connectivity index (χ0n) is 14.8. The number of nitrogens with one attached hydrogen (secondary N) is 2. The molecule has 4 amide bonds. The van der Waals surface area contributed by atoms with Crippen molar-refractivity contribution < 1.29 is 23.9 Å². The second-order valence-corrected chi connectivity index (χ2v) is 5.94. The van der Waals surface area contributed by atoms with Crippen LogP contribution in [0.15, 0.2) is 12.1 Å². The molecule has 2 N–H and O–H groups in total. The second kappa shape index (κ2) is 7.87. The number of hydrogen-bond acceptors (Lipinski definition) is 5. The Morgan fingerprint density at radius 2 is 1.84 bits per heavy atom. The molecule has 8 nitrogen and oxygen atoms in total. The van der Waals surface area contributed by atoms with E-state index in [4.69, 9.17) is 9.47 Å². The number of amides is 4. The molecule has 0 spiro atoms. The van der Waals surface area contributed by atoms with Gasteiger partial charge in [0.1, 0.15) is 6.04 Å². The van der Waals surface area contributed by atoms with E-state index in [0.717, 1.165) is 11.1 Å². The molecule has 0 bridgehead atoms. The Bertz CT molecular complexity index is 689. The summed E-state index contributed by atoms with van der Waals surface area (Å²) in [5.74, 6) is 0.745.